The molecule has 1 saturated carbocycles. The summed E-state index contributed by atoms with van der Waals surface area (Å²) >= 11 is 0. The van der Waals surface area contributed by atoms with Crippen molar-refractivity contribution in [2.24, 2.45) is 0 Å². The van der Waals surface area contributed by atoms with Crippen molar-refractivity contribution in [3.05, 3.63) is 41.9 Å². The quantitative estimate of drug-likeness (QED) is 0.650. The molecular weight excluding hydrogens is 277 g/mol. The van der Waals surface area contributed by atoms with Gasteiger partial charge in [-0.05, 0) is 12.6 Å². The van der Waals surface area contributed by atoms with Crippen LogP contribution in [0.1, 0.15) is 38.2 Å². The van der Waals surface area contributed by atoms with Gasteiger partial charge in [0.15, 0.2) is 0 Å². The van der Waals surface area contributed by atoms with Gasteiger partial charge in [0.05, 0.1) is 0 Å². The van der Waals surface area contributed by atoms with Gasteiger partial charge < -0.3 is 14.7 Å². The number of carboxylic acid groups (broad SMARTS) is 1. The second-order valence-corrected chi connectivity index (χ2v) is 4.89. The number of aliphatic carboxylic acids is 1. The normalized spacial score (nSPS) is 13.4. The van der Waals surface area contributed by atoms with E-state index in [2.05, 4.69) is 0 Å². The summed E-state index contributed by atoms with van der Waals surface area (Å²) in [5, 5.41) is 7.42. The zero-order valence-electron chi connectivity index (χ0n) is 13.5. The van der Waals surface area contributed by atoms with Crippen LogP contribution in [0.5, 0.6) is 0 Å². The van der Waals surface area contributed by atoms with Crippen molar-refractivity contribution in [3.63, 3.8) is 0 Å². The van der Waals surface area contributed by atoms with Crippen molar-refractivity contribution in [3.8, 4) is 0 Å². The number of rotatable bonds is 3. The summed E-state index contributed by atoms with van der Waals surface area (Å²) in [5.41, 5.74) is 1.02. The summed E-state index contributed by atoms with van der Waals surface area (Å²) in [6.45, 7) is 1.43. The third-order valence-corrected chi connectivity index (χ3v) is 3.13. The molecule has 1 fully saturated rings. The van der Waals surface area contributed by atoms with E-state index in [-0.39, 0.29) is 25.0 Å². The second kappa shape index (κ2) is 11.2. The fourth-order valence-electron chi connectivity index (χ4n) is 2.06. The number of ether oxygens (including phenoxy) is 1. The number of benzene rings is 1. The van der Waals surface area contributed by atoms with Gasteiger partial charge in [-0.15, -0.1) is 0 Å². The van der Waals surface area contributed by atoms with E-state index >= 15 is 0 Å². The summed E-state index contributed by atoms with van der Waals surface area (Å²) in [5.74, 6) is -0.833. The fraction of sp³-hybridized carbons (Fsp3) is 0.438. The molecule has 1 aliphatic carbocycles. The topological polar surface area (TPSA) is 66.8 Å². The van der Waals surface area contributed by atoms with E-state index in [1.807, 2.05) is 30.3 Å². The maximum atomic E-state index is 11.8. The molecule has 2 rings (SSSR count). The second-order valence-electron chi connectivity index (χ2n) is 4.89. The van der Waals surface area contributed by atoms with Crippen LogP contribution < -0.4 is 18.9 Å². The summed E-state index contributed by atoms with van der Waals surface area (Å²) in [6, 6.07) is 10.9. The molecule has 1 amide bonds. The van der Waals surface area contributed by atoms with Crippen LogP contribution in [0.25, 0.3) is 0 Å². The van der Waals surface area contributed by atoms with E-state index in [4.69, 9.17) is 14.6 Å². The molecule has 0 heterocycles. The standard InChI is InChI=1S/C14H18NO2.C2H4O2.Li/c1-15(13-9-5-6-10-13)14(16)17-11-12-7-3-2-4-8-12;1-2(3)4;/h2-4,7-8H,5-6,9-11H2,1H3;1H3,(H,3,4);/q-1;;+1. The molecule has 1 aromatic carbocycles. The van der Waals surface area contributed by atoms with Gasteiger partial charge in [0.2, 0.25) is 0 Å². The molecule has 1 aliphatic rings. The van der Waals surface area contributed by atoms with Crippen molar-refractivity contribution in [1.82, 2.24) is 4.90 Å². The van der Waals surface area contributed by atoms with Gasteiger partial charge in [0.1, 0.15) is 6.61 Å². The van der Waals surface area contributed by atoms with Gasteiger partial charge in [-0.3, -0.25) is 4.79 Å². The molecule has 5 nitrogen and oxygen atoms in total. The minimum Gasteiger partial charge on any atom is -0.481 e. The smallest absolute Gasteiger partial charge is 0.481 e. The largest absolute Gasteiger partial charge is 1.00 e. The minimum atomic E-state index is -0.833. The number of carbonyl (C=O) groups is 2. The fourth-order valence-corrected chi connectivity index (χ4v) is 2.06. The maximum Gasteiger partial charge on any atom is 1.00 e. The molecule has 0 spiro atoms. The Hall–Kier alpha value is -1.44. The molecule has 6 heteroatoms. The Morgan fingerprint density at radius 3 is 2.23 bits per heavy atom. The van der Waals surface area contributed by atoms with E-state index < -0.39 is 5.97 Å². The molecule has 22 heavy (non-hydrogen) atoms. The van der Waals surface area contributed by atoms with Crippen LogP contribution in [0.3, 0.4) is 0 Å². The summed E-state index contributed by atoms with van der Waals surface area (Å²) in [7, 11) is 1.80. The van der Waals surface area contributed by atoms with Crippen LogP contribution in [0, 0.1) is 6.04 Å². The summed E-state index contributed by atoms with van der Waals surface area (Å²) in [6.07, 6.45) is 4.18. The zero-order valence-corrected chi connectivity index (χ0v) is 13.5. The molecule has 0 saturated heterocycles. The minimum absolute atomic E-state index is 0. The number of hydrogen-bond acceptors (Lipinski definition) is 3. The number of nitrogens with zero attached hydrogens (tertiary/aromatic N) is 1. The monoisotopic (exact) mass is 299 g/mol. The van der Waals surface area contributed by atoms with Crippen molar-refractivity contribution in [2.75, 3.05) is 7.05 Å². The van der Waals surface area contributed by atoms with Crippen LogP contribution in [-0.2, 0) is 16.1 Å². The van der Waals surface area contributed by atoms with E-state index in [9.17, 15) is 4.79 Å². The molecule has 116 valence electrons. The van der Waals surface area contributed by atoms with E-state index in [0.717, 1.165) is 25.3 Å². The molecule has 0 aliphatic heterocycles. The van der Waals surface area contributed by atoms with Gasteiger partial charge in [-0.2, -0.15) is 12.8 Å². The Bertz CT molecular complexity index is 443. The molecule has 0 bridgehead atoms. The van der Waals surface area contributed by atoms with Gasteiger partial charge >= 0.3 is 25.0 Å². The van der Waals surface area contributed by atoms with Crippen molar-refractivity contribution in [2.45, 2.75) is 39.2 Å². The molecule has 0 radical (unpaired) electrons. The first-order chi connectivity index (χ1) is 10.0. The SMILES string of the molecule is CC(=O)O.CN(C(=O)OCc1ccccc1)[C-]1CCCC1.[Li+]. The van der Waals surface area contributed by atoms with E-state index in [0.29, 0.717) is 6.61 Å². The average molecular weight is 299 g/mol. The summed E-state index contributed by atoms with van der Waals surface area (Å²) < 4.78 is 5.27. The third-order valence-electron chi connectivity index (χ3n) is 3.13. The Labute approximate surface area is 143 Å². The molecule has 1 N–H and O–H groups in total. The van der Waals surface area contributed by atoms with Crippen LogP contribution in [0.4, 0.5) is 4.79 Å². The first-order valence-corrected chi connectivity index (χ1v) is 6.99. The molecule has 0 unspecified atom stereocenters. The Balaban J connectivity index is 0.000000791. The Kier molecular flexibility index (Phi) is 10.4. The number of carbonyl (C=O) groups excluding carboxylic acids is 1. The van der Waals surface area contributed by atoms with Gasteiger partial charge in [-0.25, -0.2) is 10.8 Å². The number of amides is 1. The van der Waals surface area contributed by atoms with E-state index in [1.54, 1.807) is 11.9 Å². The van der Waals surface area contributed by atoms with Crippen molar-refractivity contribution >= 4 is 12.1 Å². The number of hydrogen-bond donors (Lipinski definition) is 1. The molecular formula is C16H22LiNO4. The average Bonchev–Trinajstić information content (AvgIpc) is 2.98. The van der Waals surface area contributed by atoms with Crippen LogP contribution >= 0.6 is 0 Å². The molecule has 0 aromatic heterocycles. The van der Waals surface area contributed by atoms with Gasteiger partial charge in [-0.1, -0.05) is 43.2 Å². The predicted octanol–water partition coefficient (Wildman–Crippen LogP) is 0.456. The van der Waals surface area contributed by atoms with Crippen LogP contribution in [0.15, 0.2) is 30.3 Å². The van der Waals surface area contributed by atoms with Crippen LogP contribution in [-0.4, -0.2) is 29.1 Å². The first kappa shape index (κ1) is 20.6. The number of carboxylic acids is 1. The van der Waals surface area contributed by atoms with E-state index in [1.165, 1.54) is 18.9 Å². The molecule has 1 aromatic rings. The molecule has 0 atom stereocenters. The van der Waals surface area contributed by atoms with Crippen molar-refractivity contribution in [1.29, 1.82) is 0 Å². The Morgan fingerprint density at radius 1 is 1.23 bits per heavy atom. The first-order valence-electron chi connectivity index (χ1n) is 6.99. The van der Waals surface area contributed by atoms with Gasteiger partial charge in [0, 0.05) is 6.92 Å². The predicted molar refractivity (Wildman–Crippen MR) is 79.4 cm³/mol. The zero-order chi connectivity index (χ0) is 15.7. The summed E-state index contributed by atoms with van der Waals surface area (Å²) in [4.78, 5) is 22.4. The van der Waals surface area contributed by atoms with Crippen molar-refractivity contribution < 1.29 is 38.3 Å². The maximum absolute atomic E-state index is 11.8. The Morgan fingerprint density at radius 2 is 1.73 bits per heavy atom. The third kappa shape index (κ3) is 8.11. The van der Waals surface area contributed by atoms with Gasteiger partial charge in [0.25, 0.3) is 5.97 Å². The van der Waals surface area contributed by atoms with Crippen LogP contribution in [0.2, 0.25) is 0 Å².